The molecule has 0 saturated carbocycles. The molecule has 0 aliphatic heterocycles. The highest BCUT2D eigenvalue weighted by Crippen LogP contribution is 2.13. The fourth-order valence-corrected chi connectivity index (χ4v) is 2.48. The van der Waals surface area contributed by atoms with Gasteiger partial charge in [-0.1, -0.05) is 17.7 Å². The van der Waals surface area contributed by atoms with E-state index >= 15 is 0 Å². The van der Waals surface area contributed by atoms with Crippen molar-refractivity contribution in [1.29, 1.82) is 0 Å². The van der Waals surface area contributed by atoms with Crippen LogP contribution in [0.15, 0.2) is 41.1 Å². The Labute approximate surface area is 122 Å². The van der Waals surface area contributed by atoms with Crippen LogP contribution in [0, 0.1) is 6.92 Å². The SMILES string of the molecule is Cc1ccc(NC(=O)N(CCO)Cc2ccsc2)cc1. The summed E-state index contributed by atoms with van der Waals surface area (Å²) in [4.78, 5) is 13.8. The van der Waals surface area contributed by atoms with Crippen LogP contribution in [-0.2, 0) is 6.54 Å². The van der Waals surface area contributed by atoms with E-state index < -0.39 is 0 Å². The van der Waals surface area contributed by atoms with Crippen LogP contribution < -0.4 is 5.32 Å². The Hall–Kier alpha value is -1.85. The number of hydrogen-bond donors (Lipinski definition) is 2. The highest BCUT2D eigenvalue weighted by Gasteiger charge is 2.13. The predicted molar refractivity (Wildman–Crippen MR) is 82.0 cm³/mol. The van der Waals surface area contributed by atoms with Crippen LogP contribution in [0.2, 0.25) is 0 Å². The minimum Gasteiger partial charge on any atom is -0.395 e. The van der Waals surface area contributed by atoms with Gasteiger partial charge in [-0.05, 0) is 41.4 Å². The fourth-order valence-electron chi connectivity index (χ4n) is 1.82. The number of aliphatic hydroxyl groups excluding tert-OH is 1. The van der Waals surface area contributed by atoms with E-state index in [1.165, 1.54) is 0 Å². The van der Waals surface area contributed by atoms with E-state index in [1.807, 2.05) is 48.0 Å². The smallest absolute Gasteiger partial charge is 0.322 e. The van der Waals surface area contributed by atoms with E-state index in [9.17, 15) is 4.79 Å². The van der Waals surface area contributed by atoms with E-state index in [1.54, 1.807) is 16.2 Å². The molecule has 0 fully saturated rings. The lowest BCUT2D eigenvalue weighted by atomic mass is 10.2. The lowest BCUT2D eigenvalue weighted by molar-refractivity contribution is 0.185. The maximum atomic E-state index is 12.2. The van der Waals surface area contributed by atoms with Crippen LogP contribution in [0.25, 0.3) is 0 Å². The zero-order chi connectivity index (χ0) is 14.4. The molecule has 1 heterocycles. The molecule has 0 saturated heterocycles. The van der Waals surface area contributed by atoms with Crippen molar-refractivity contribution in [3.05, 3.63) is 52.2 Å². The van der Waals surface area contributed by atoms with Crippen LogP contribution in [-0.4, -0.2) is 29.2 Å². The first kappa shape index (κ1) is 14.6. The molecule has 0 spiro atoms. The van der Waals surface area contributed by atoms with E-state index in [0.717, 1.165) is 16.8 Å². The molecular weight excluding hydrogens is 272 g/mol. The number of aliphatic hydroxyl groups is 1. The van der Waals surface area contributed by atoms with Crippen LogP contribution in [0.1, 0.15) is 11.1 Å². The monoisotopic (exact) mass is 290 g/mol. The summed E-state index contributed by atoms with van der Waals surface area (Å²) in [6, 6.07) is 9.42. The minimum absolute atomic E-state index is 0.0501. The fraction of sp³-hybridized carbons (Fsp3) is 0.267. The second-order valence-corrected chi connectivity index (χ2v) is 5.35. The highest BCUT2D eigenvalue weighted by atomic mass is 32.1. The molecule has 0 atom stereocenters. The number of aryl methyl sites for hydroxylation is 1. The van der Waals surface area contributed by atoms with E-state index in [2.05, 4.69) is 5.32 Å². The van der Waals surface area contributed by atoms with E-state index in [0.29, 0.717) is 13.1 Å². The summed E-state index contributed by atoms with van der Waals surface area (Å²) in [5.74, 6) is 0. The normalized spacial score (nSPS) is 10.3. The van der Waals surface area contributed by atoms with Crippen molar-refractivity contribution in [3.8, 4) is 0 Å². The maximum absolute atomic E-state index is 12.2. The standard InChI is InChI=1S/C15H18N2O2S/c1-12-2-4-14(5-3-12)16-15(19)17(7-8-18)10-13-6-9-20-11-13/h2-6,9,11,18H,7-8,10H2,1H3,(H,16,19). The number of carbonyl (C=O) groups excluding carboxylic acids is 1. The third-order valence-corrected chi connectivity index (χ3v) is 3.65. The van der Waals surface area contributed by atoms with Crippen molar-refractivity contribution < 1.29 is 9.90 Å². The van der Waals surface area contributed by atoms with Gasteiger partial charge in [0.15, 0.2) is 0 Å². The third-order valence-electron chi connectivity index (χ3n) is 2.91. The lowest BCUT2D eigenvalue weighted by Crippen LogP contribution is -2.36. The van der Waals surface area contributed by atoms with Gasteiger partial charge in [-0.15, -0.1) is 0 Å². The summed E-state index contributed by atoms with van der Waals surface area (Å²) in [6.45, 7) is 2.76. The number of nitrogens with one attached hydrogen (secondary N) is 1. The van der Waals surface area contributed by atoms with Gasteiger partial charge >= 0.3 is 6.03 Å². The zero-order valence-corrected chi connectivity index (χ0v) is 12.2. The average Bonchev–Trinajstić information content (AvgIpc) is 2.94. The number of thiophene rings is 1. The van der Waals surface area contributed by atoms with Crippen molar-refractivity contribution in [1.82, 2.24) is 4.90 Å². The number of rotatable bonds is 5. The Morgan fingerprint density at radius 3 is 2.65 bits per heavy atom. The van der Waals surface area contributed by atoms with Gasteiger partial charge in [0.2, 0.25) is 0 Å². The average molecular weight is 290 g/mol. The van der Waals surface area contributed by atoms with Gasteiger partial charge in [0.25, 0.3) is 0 Å². The number of urea groups is 1. The van der Waals surface area contributed by atoms with Crippen molar-refractivity contribution in [2.75, 3.05) is 18.5 Å². The minimum atomic E-state index is -0.200. The summed E-state index contributed by atoms with van der Waals surface area (Å²) in [5.41, 5.74) is 2.98. The van der Waals surface area contributed by atoms with Crippen LogP contribution in [0.5, 0.6) is 0 Å². The van der Waals surface area contributed by atoms with Gasteiger partial charge in [0, 0.05) is 18.8 Å². The second kappa shape index (κ2) is 7.07. The van der Waals surface area contributed by atoms with Crippen LogP contribution >= 0.6 is 11.3 Å². The summed E-state index contributed by atoms with van der Waals surface area (Å²) >= 11 is 1.60. The number of carbonyl (C=O) groups is 1. The highest BCUT2D eigenvalue weighted by molar-refractivity contribution is 7.07. The molecular formula is C15H18N2O2S. The zero-order valence-electron chi connectivity index (χ0n) is 11.4. The summed E-state index contributed by atoms with van der Waals surface area (Å²) in [5, 5.41) is 15.9. The van der Waals surface area contributed by atoms with Gasteiger partial charge < -0.3 is 15.3 Å². The van der Waals surface area contributed by atoms with Gasteiger partial charge in [-0.25, -0.2) is 4.79 Å². The molecule has 20 heavy (non-hydrogen) atoms. The Balaban J connectivity index is 2.01. The molecule has 2 aromatic rings. The summed E-state index contributed by atoms with van der Waals surface area (Å²) < 4.78 is 0. The van der Waals surface area contributed by atoms with Gasteiger partial charge in [-0.3, -0.25) is 0 Å². The molecule has 2 N–H and O–H groups in total. The predicted octanol–water partition coefficient (Wildman–Crippen LogP) is 3.08. The third kappa shape index (κ3) is 4.08. The lowest BCUT2D eigenvalue weighted by Gasteiger charge is -2.21. The first-order chi connectivity index (χ1) is 9.69. The van der Waals surface area contributed by atoms with Crippen LogP contribution in [0.3, 0.4) is 0 Å². The molecule has 0 aliphatic carbocycles. The van der Waals surface area contributed by atoms with Gasteiger partial charge in [0.1, 0.15) is 0 Å². The number of anilines is 1. The quantitative estimate of drug-likeness (QED) is 0.889. The Bertz CT molecular complexity index is 538. The molecule has 2 amide bonds. The molecule has 0 unspecified atom stereocenters. The van der Waals surface area contributed by atoms with E-state index in [4.69, 9.17) is 5.11 Å². The van der Waals surface area contributed by atoms with Crippen molar-refractivity contribution in [2.45, 2.75) is 13.5 Å². The number of benzene rings is 1. The molecule has 0 aliphatic rings. The van der Waals surface area contributed by atoms with E-state index in [-0.39, 0.29) is 12.6 Å². The second-order valence-electron chi connectivity index (χ2n) is 4.57. The first-order valence-corrected chi connectivity index (χ1v) is 7.38. The topological polar surface area (TPSA) is 52.6 Å². The van der Waals surface area contributed by atoms with Crippen molar-refractivity contribution in [2.24, 2.45) is 0 Å². The Morgan fingerprint density at radius 1 is 1.30 bits per heavy atom. The molecule has 0 radical (unpaired) electrons. The number of amides is 2. The maximum Gasteiger partial charge on any atom is 0.322 e. The molecule has 2 rings (SSSR count). The molecule has 4 nitrogen and oxygen atoms in total. The molecule has 0 bridgehead atoms. The van der Waals surface area contributed by atoms with Crippen molar-refractivity contribution >= 4 is 23.1 Å². The molecule has 1 aromatic heterocycles. The first-order valence-electron chi connectivity index (χ1n) is 6.43. The molecule has 106 valence electrons. The number of nitrogens with zero attached hydrogens (tertiary/aromatic N) is 1. The van der Waals surface area contributed by atoms with Gasteiger partial charge in [0.05, 0.1) is 6.61 Å². The largest absolute Gasteiger partial charge is 0.395 e. The summed E-state index contributed by atoms with van der Waals surface area (Å²) in [7, 11) is 0. The van der Waals surface area contributed by atoms with Gasteiger partial charge in [-0.2, -0.15) is 11.3 Å². The number of hydrogen-bond acceptors (Lipinski definition) is 3. The Morgan fingerprint density at radius 2 is 2.05 bits per heavy atom. The van der Waals surface area contributed by atoms with Crippen LogP contribution in [0.4, 0.5) is 10.5 Å². The van der Waals surface area contributed by atoms with Crippen molar-refractivity contribution in [3.63, 3.8) is 0 Å². The Kier molecular flexibility index (Phi) is 5.15. The molecule has 5 heteroatoms. The summed E-state index contributed by atoms with van der Waals surface area (Å²) in [6.07, 6.45) is 0. The molecule has 1 aromatic carbocycles.